The molecule has 2 rings (SSSR count). The molecule has 0 aliphatic rings. The third-order valence-corrected chi connectivity index (χ3v) is 2.70. The second-order valence-electron chi connectivity index (χ2n) is 4.00. The average Bonchev–Trinajstić information content (AvgIpc) is 2.38. The van der Waals surface area contributed by atoms with E-state index >= 15 is 0 Å². The first-order chi connectivity index (χ1) is 8.29. The van der Waals surface area contributed by atoms with Gasteiger partial charge in [-0.2, -0.15) is 0 Å². The minimum Gasteiger partial charge on any atom is -0.489 e. The number of rotatable bonds is 4. The maximum absolute atomic E-state index is 5.79. The summed E-state index contributed by atoms with van der Waals surface area (Å²) in [6.07, 6.45) is 0. The summed E-state index contributed by atoms with van der Waals surface area (Å²) in [6.45, 7) is 2.67. The summed E-state index contributed by atoms with van der Waals surface area (Å²) in [5.74, 6) is 0.938. The van der Waals surface area contributed by atoms with Crippen LogP contribution < -0.4 is 10.1 Å². The van der Waals surface area contributed by atoms with Crippen LogP contribution in [0.2, 0.25) is 0 Å². The molecule has 2 aromatic rings. The maximum Gasteiger partial charge on any atom is 0.122 e. The van der Waals surface area contributed by atoms with Gasteiger partial charge in [-0.3, -0.25) is 0 Å². The summed E-state index contributed by atoms with van der Waals surface area (Å²) in [7, 11) is 1.92. The van der Waals surface area contributed by atoms with E-state index in [1.165, 1.54) is 5.56 Å². The molecule has 0 bridgehead atoms. The van der Waals surface area contributed by atoms with E-state index in [0.29, 0.717) is 6.61 Å². The van der Waals surface area contributed by atoms with Crippen LogP contribution in [-0.4, -0.2) is 7.05 Å². The van der Waals surface area contributed by atoms with E-state index in [9.17, 15) is 0 Å². The molecule has 0 unspecified atom stereocenters. The van der Waals surface area contributed by atoms with Gasteiger partial charge in [-0.05, 0) is 36.2 Å². The van der Waals surface area contributed by atoms with Crippen molar-refractivity contribution in [2.45, 2.75) is 13.5 Å². The van der Waals surface area contributed by atoms with Crippen molar-refractivity contribution in [3.05, 3.63) is 59.7 Å². The Morgan fingerprint density at radius 3 is 2.47 bits per heavy atom. The number of hydrogen-bond acceptors (Lipinski definition) is 2. The maximum atomic E-state index is 5.79. The van der Waals surface area contributed by atoms with Crippen LogP contribution in [0.5, 0.6) is 5.75 Å². The minimum atomic E-state index is 0.612. The molecule has 0 spiro atoms. The molecule has 17 heavy (non-hydrogen) atoms. The van der Waals surface area contributed by atoms with Crippen molar-refractivity contribution in [3.63, 3.8) is 0 Å². The molecule has 2 nitrogen and oxygen atoms in total. The molecule has 2 heteroatoms. The Hall–Kier alpha value is -1.96. The number of nitrogens with one attached hydrogen (secondary N) is 1. The lowest BCUT2D eigenvalue weighted by Crippen LogP contribution is -1.97. The molecule has 0 atom stereocenters. The van der Waals surface area contributed by atoms with Crippen LogP contribution in [0.3, 0.4) is 0 Å². The zero-order chi connectivity index (χ0) is 12.1. The third kappa shape index (κ3) is 3.00. The molecule has 0 saturated heterocycles. The van der Waals surface area contributed by atoms with Gasteiger partial charge in [0.2, 0.25) is 0 Å². The lowest BCUT2D eigenvalue weighted by atomic mass is 10.2. The first kappa shape index (κ1) is 11.5. The zero-order valence-corrected chi connectivity index (χ0v) is 10.2. The molecule has 0 fully saturated rings. The summed E-state index contributed by atoms with van der Waals surface area (Å²) in [6, 6.07) is 16.3. The average molecular weight is 227 g/mol. The lowest BCUT2D eigenvalue weighted by Gasteiger charge is -2.10. The van der Waals surface area contributed by atoms with Crippen molar-refractivity contribution in [2.75, 3.05) is 12.4 Å². The molecule has 0 heterocycles. The molecule has 0 aliphatic carbocycles. The van der Waals surface area contributed by atoms with Crippen LogP contribution in [0.1, 0.15) is 11.1 Å². The number of hydrogen-bond donors (Lipinski definition) is 1. The molecule has 0 radical (unpaired) electrons. The summed E-state index contributed by atoms with van der Waals surface area (Å²) in [4.78, 5) is 0. The Kier molecular flexibility index (Phi) is 3.66. The van der Waals surface area contributed by atoms with Crippen LogP contribution in [0.4, 0.5) is 5.69 Å². The quantitative estimate of drug-likeness (QED) is 0.861. The molecule has 0 aromatic heterocycles. The zero-order valence-electron chi connectivity index (χ0n) is 10.2. The summed E-state index contributed by atoms with van der Waals surface area (Å²) in [5.41, 5.74) is 3.44. The normalized spacial score (nSPS) is 10.0. The highest BCUT2D eigenvalue weighted by Gasteiger charge is 2.00. The standard InChI is InChI=1S/C15H17NO/c1-12-10-14(16-2)8-9-15(12)17-11-13-6-4-3-5-7-13/h3-10,16H,11H2,1-2H3. The van der Waals surface area contributed by atoms with Gasteiger partial charge in [0.15, 0.2) is 0 Å². The van der Waals surface area contributed by atoms with Crippen molar-refractivity contribution in [1.82, 2.24) is 0 Å². The summed E-state index contributed by atoms with van der Waals surface area (Å²) in [5, 5.41) is 3.11. The van der Waals surface area contributed by atoms with Crippen molar-refractivity contribution in [2.24, 2.45) is 0 Å². The van der Waals surface area contributed by atoms with E-state index in [-0.39, 0.29) is 0 Å². The molecule has 0 amide bonds. The number of ether oxygens (including phenoxy) is 1. The highest BCUT2D eigenvalue weighted by atomic mass is 16.5. The second-order valence-corrected chi connectivity index (χ2v) is 4.00. The van der Waals surface area contributed by atoms with Gasteiger partial charge in [0, 0.05) is 12.7 Å². The van der Waals surface area contributed by atoms with E-state index in [1.54, 1.807) is 0 Å². The Morgan fingerprint density at radius 2 is 1.82 bits per heavy atom. The minimum absolute atomic E-state index is 0.612. The van der Waals surface area contributed by atoms with E-state index < -0.39 is 0 Å². The SMILES string of the molecule is CNc1ccc(OCc2ccccc2)c(C)c1. The van der Waals surface area contributed by atoms with Gasteiger partial charge in [-0.1, -0.05) is 30.3 Å². The third-order valence-electron chi connectivity index (χ3n) is 2.70. The Labute approximate surface area is 102 Å². The van der Waals surface area contributed by atoms with Crippen LogP contribution in [-0.2, 0) is 6.61 Å². The first-order valence-corrected chi connectivity index (χ1v) is 5.75. The monoisotopic (exact) mass is 227 g/mol. The Bertz CT molecular complexity index is 480. The van der Waals surface area contributed by atoms with E-state index in [1.807, 2.05) is 37.4 Å². The molecular formula is C15H17NO. The van der Waals surface area contributed by atoms with Gasteiger partial charge in [-0.25, -0.2) is 0 Å². The Morgan fingerprint density at radius 1 is 1.06 bits per heavy atom. The largest absolute Gasteiger partial charge is 0.489 e. The van der Waals surface area contributed by atoms with Crippen LogP contribution >= 0.6 is 0 Å². The summed E-state index contributed by atoms with van der Waals surface area (Å²) >= 11 is 0. The second kappa shape index (κ2) is 5.39. The van der Waals surface area contributed by atoms with Gasteiger partial charge >= 0.3 is 0 Å². The van der Waals surface area contributed by atoms with Gasteiger partial charge in [0.05, 0.1) is 0 Å². The van der Waals surface area contributed by atoms with Crippen molar-refractivity contribution in [3.8, 4) is 5.75 Å². The van der Waals surface area contributed by atoms with Gasteiger partial charge in [0.25, 0.3) is 0 Å². The van der Waals surface area contributed by atoms with E-state index in [4.69, 9.17) is 4.74 Å². The number of anilines is 1. The topological polar surface area (TPSA) is 21.3 Å². The van der Waals surface area contributed by atoms with Crippen LogP contribution in [0.15, 0.2) is 48.5 Å². The number of aryl methyl sites for hydroxylation is 1. The fourth-order valence-electron chi connectivity index (χ4n) is 1.70. The van der Waals surface area contributed by atoms with Crippen molar-refractivity contribution in [1.29, 1.82) is 0 Å². The molecule has 2 aromatic carbocycles. The predicted molar refractivity (Wildman–Crippen MR) is 71.5 cm³/mol. The first-order valence-electron chi connectivity index (χ1n) is 5.75. The molecule has 0 saturated carbocycles. The molecule has 88 valence electrons. The van der Waals surface area contributed by atoms with Gasteiger partial charge in [0.1, 0.15) is 12.4 Å². The van der Waals surface area contributed by atoms with Gasteiger partial charge < -0.3 is 10.1 Å². The van der Waals surface area contributed by atoms with Gasteiger partial charge in [-0.15, -0.1) is 0 Å². The smallest absolute Gasteiger partial charge is 0.122 e. The van der Waals surface area contributed by atoms with Crippen molar-refractivity contribution < 1.29 is 4.74 Å². The van der Waals surface area contributed by atoms with E-state index in [0.717, 1.165) is 17.0 Å². The number of benzene rings is 2. The lowest BCUT2D eigenvalue weighted by molar-refractivity contribution is 0.304. The Balaban J connectivity index is 2.04. The fourth-order valence-corrected chi connectivity index (χ4v) is 1.70. The molecular weight excluding hydrogens is 210 g/mol. The van der Waals surface area contributed by atoms with Crippen LogP contribution in [0.25, 0.3) is 0 Å². The molecule has 1 N–H and O–H groups in total. The highest BCUT2D eigenvalue weighted by molar-refractivity contribution is 5.50. The molecule has 0 aliphatic heterocycles. The van der Waals surface area contributed by atoms with E-state index in [2.05, 4.69) is 30.4 Å². The highest BCUT2D eigenvalue weighted by Crippen LogP contribution is 2.22. The fraction of sp³-hybridized carbons (Fsp3) is 0.200. The van der Waals surface area contributed by atoms with Crippen molar-refractivity contribution >= 4 is 5.69 Å². The predicted octanol–water partition coefficient (Wildman–Crippen LogP) is 3.62. The van der Waals surface area contributed by atoms with Crippen LogP contribution in [0, 0.1) is 6.92 Å². The summed E-state index contributed by atoms with van der Waals surface area (Å²) < 4.78 is 5.79.